The summed E-state index contributed by atoms with van der Waals surface area (Å²) in [5.74, 6) is -0.979. The van der Waals surface area contributed by atoms with Crippen LogP contribution in [-0.2, 0) is 0 Å². The number of fused-ring (bicyclic) bond motifs is 1. The van der Waals surface area contributed by atoms with E-state index in [0.717, 1.165) is 22.7 Å². The second kappa shape index (κ2) is 9.43. The van der Waals surface area contributed by atoms with E-state index >= 15 is 0 Å². The van der Waals surface area contributed by atoms with Crippen molar-refractivity contribution in [2.24, 2.45) is 0 Å². The molecule has 5 aromatic rings. The minimum atomic E-state index is -0.875. The van der Waals surface area contributed by atoms with Crippen LogP contribution in [0, 0.1) is 0 Å². The average molecular weight is 477 g/mol. The number of aromatic hydroxyl groups is 1. The summed E-state index contributed by atoms with van der Waals surface area (Å²) < 4.78 is 5.41. The van der Waals surface area contributed by atoms with Gasteiger partial charge in [-0.15, -0.1) is 0 Å². The highest BCUT2D eigenvalue weighted by molar-refractivity contribution is 6.12. The maximum Gasteiger partial charge on any atom is 0.351 e. The van der Waals surface area contributed by atoms with Crippen LogP contribution in [-0.4, -0.2) is 25.0 Å². The van der Waals surface area contributed by atoms with Gasteiger partial charge in [0.2, 0.25) is 5.78 Å². The van der Waals surface area contributed by atoms with Gasteiger partial charge in [0, 0.05) is 48.5 Å². The predicted molar refractivity (Wildman–Crippen MR) is 143 cm³/mol. The van der Waals surface area contributed by atoms with E-state index in [0.29, 0.717) is 5.39 Å². The van der Waals surface area contributed by atoms with Gasteiger partial charge in [-0.1, -0.05) is 36.4 Å². The summed E-state index contributed by atoms with van der Waals surface area (Å²) in [4.78, 5) is 29.9. The number of hydrogen-bond acceptors (Lipinski definition) is 6. The van der Waals surface area contributed by atoms with Gasteiger partial charge in [0.05, 0.1) is 5.39 Å². The highest BCUT2D eigenvalue weighted by Gasteiger charge is 2.23. The van der Waals surface area contributed by atoms with Crippen molar-refractivity contribution >= 4 is 39.5 Å². The van der Waals surface area contributed by atoms with Gasteiger partial charge in [0.15, 0.2) is 5.56 Å². The molecular weight excluding hydrogens is 452 g/mol. The fourth-order valence-corrected chi connectivity index (χ4v) is 4.16. The lowest BCUT2D eigenvalue weighted by atomic mass is 10.0. The lowest BCUT2D eigenvalue weighted by molar-refractivity contribution is 0.103. The van der Waals surface area contributed by atoms with Crippen molar-refractivity contribution in [1.82, 2.24) is 0 Å². The van der Waals surface area contributed by atoms with Gasteiger partial charge in [-0.05, 0) is 60.7 Å². The number of benzene rings is 4. The summed E-state index contributed by atoms with van der Waals surface area (Å²) >= 11 is 0. The molecule has 6 heteroatoms. The molecule has 4 aromatic carbocycles. The maximum absolute atomic E-state index is 13.3. The molecule has 178 valence electrons. The Morgan fingerprint density at radius 2 is 1.25 bits per heavy atom. The smallest absolute Gasteiger partial charge is 0.351 e. The third kappa shape index (κ3) is 4.20. The maximum atomic E-state index is 13.3. The van der Waals surface area contributed by atoms with Crippen LogP contribution in [0.15, 0.2) is 112 Å². The van der Waals surface area contributed by atoms with Gasteiger partial charge >= 0.3 is 5.63 Å². The summed E-state index contributed by atoms with van der Waals surface area (Å²) in [6, 6.07) is 31.8. The molecule has 0 unspecified atom stereocenters. The van der Waals surface area contributed by atoms with Crippen LogP contribution >= 0.6 is 0 Å². The van der Waals surface area contributed by atoms with Gasteiger partial charge < -0.3 is 19.3 Å². The molecule has 0 saturated carbocycles. The average Bonchev–Trinajstić information content (AvgIpc) is 2.90. The first-order valence-electron chi connectivity index (χ1n) is 11.5. The topological polar surface area (TPSA) is 74.0 Å². The largest absolute Gasteiger partial charge is 0.506 e. The van der Waals surface area contributed by atoms with Crippen molar-refractivity contribution < 1.29 is 14.3 Å². The van der Waals surface area contributed by atoms with Crippen molar-refractivity contribution in [3.05, 3.63) is 125 Å². The Labute approximate surface area is 208 Å². The van der Waals surface area contributed by atoms with E-state index in [1.807, 2.05) is 91.8 Å². The first-order chi connectivity index (χ1) is 17.4. The molecule has 0 radical (unpaired) electrons. The highest BCUT2D eigenvalue weighted by atomic mass is 16.4. The molecule has 6 nitrogen and oxygen atoms in total. The standard InChI is InChI=1S/C30H24N2O4/c1-31(2)24-17-18-25-26(19-24)36-30(35)27(29(25)34)28(33)20-13-15-23(16-14-20)32(21-9-5-3-6-10-21)22-11-7-4-8-12-22/h3-19,34H,1-2H3. The summed E-state index contributed by atoms with van der Waals surface area (Å²) in [6.07, 6.45) is 0. The van der Waals surface area contributed by atoms with E-state index in [1.165, 1.54) is 0 Å². The lowest BCUT2D eigenvalue weighted by Gasteiger charge is -2.25. The van der Waals surface area contributed by atoms with E-state index in [9.17, 15) is 14.7 Å². The molecule has 0 saturated heterocycles. The minimum absolute atomic E-state index is 0.219. The molecule has 0 bridgehead atoms. The first kappa shape index (κ1) is 22.9. The van der Waals surface area contributed by atoms with Gasteiger partial charge in [0.25, 0.3) is 0 Å². The Hall–Kier alpha value is -4.84. The van der Waals surface area contributed by atoms with Crippen molar-refractivity contribution in [2.45, 2.75) is 0 Å². The molecule has 0 aliphatic carbocycles. The van der Waals surface area contributed by atoms with Crippen LogP contribution in [0.4, 0.5) is 22.7 Å². The predicted octanol–water partition coefficient (Wildman–Crippen LogP) is 6.27. The molecular formula is C30H24N2O4. The van der Waals surface area contributed by atoms with E-state index < -0.39 is 11.4 Å². The third-order valence-corrected chi connectivity index (χ3v) is 6.02. The Bertz CT molecular complexity index is 1550. The summed E-state index contributed by atoms with van der Waals surface area (Å²) in [6.45, 7) is 0. The fourth-order valence-electron chi connectivity index (χ4n) is 4.16. The van der Waals surface area contributed by atoms with Gasteiger partial charge in [-0.2, -0.15) is 0 Å². The number of carbonyl (C=O) groups excluding carboxylic acids is 1. The van der Waals surface area contributed by atoms with Crippen molar-refractivity contribution in [2.75, 3.05) is 23.9 Å². The zero-order valence-corrected chi connectivity index (χ0v) is 19.9. The number of nitrogens with zero attached hydrogens (tertiary/aromatic N) is 2. The van der Waals surface area contributed by atoms with Gasteiger partial charge in [-0.25, -0.2) is 4.79 Å². The van der Waals surface area contributed by atoms with Crippen LogP contribution in [0.1, 0.15) is 15.9 Å². The Balaban J connectivity index is 1.53. The summed E-state index contributed by atoms with van der Waals surface area (Å²) in [5, 5.41) is 11.1. The Morgan fingerprint density at radius 1 is 0.722 bits per heavy atom. The SMILES string of the molecule is CN(C)c1ccc2c(O)c(C(=O)c3ccc(N(c4ccccc4)c4ccccc4)cc3)c(=O)oc2c1. The van der Waals surface area contributed by atoms with E-state index in [-0.39, 0.29) is 22.5 Å². The second-order valence-electron chi connectivity index (χ2n) is 8.57. The molecule has 0 aliphatic heterocycles. The normalized spacial score (nSPS) is 10.8. The number of ketones is 1. The molecule has 0 fully saturated rings. The van der Waals surface area contributed by atoms with E-state index in [4.69, 9.17) is 4.42 Å². The molecule has 5 rings (SSSR count). The first-order valence-corrected chi connectivity index (χ1v) is 11.5. The molecule has 0 amide bonds. The van der Waals surface area contributed by atoms with Crippen LogP contribution < -0.4 is 15.4 Å². The van der Waals surface area contributed by atoms with E-state index in [2.05, 4.69) is 4.90 Å². The van der Waals surface area contributed by atoms with Crippen molar-refractivity contribution in [1.29, 1.82) is 0 Å². The minimum Gasteiger partial charge on any atom is -0.506 e. The van der Waals surface area contributed by atoms with E-state index in [1.54, 1.807) is 30.3 Å². The zero-order valence-electron chi connectivity index (χ0n) is 19.9. The van der Waals surface area contributed by atoms with Crippen molar-refractivity contribution in [3.63, 3.8) is 0 Å². The third-order valence-electron chi connectivity index (χ3n) is 6.02. The monoisotopic (exact) mass is 476 g/mol. The summed E-state index contributed by atoms with van der Waals surface area (Å²) in [7, 11) is 3.72. The van der Waals surface area contributed by atoms with Gasteiger partial charge in [0.1, 0.15) is 11.3 Å². The van der Waals surface area contributed by atoms with Crippen molar-refractivity contribution in [3.8, 4) is 5.75 Å². The molecule has 0 atom stereocenters. The van der Waals surface area contributed by atoms with Crippen LogP contribution in [0.25, 0.3) is 11.0 Å². The molecule has 0 spiro atoms. The number of para-hydroxylation sites is 2. The van der Waals surface area contributed by atoms with Crippen LogP contribution in [0.3, 0.4) is 0 Å². The number of rotatable bonds is 6. The zero-order chi connectivity index (χ0) is 25.2. The summed E-state index contributed by atoms with van der Waals surface area (Å²) in [5.41, 5.74) is 2.82. The Morgan fingerprint density at radius 3 is 1.81 bits per heavy atom. The molecule has 1 heterocycles. The van der Waals surface area contributed by atoms with Crippen LogP contribution in [0.2, 0.25) is 0 Å². The number of anilines is 4. The number of carbonyl (C=O) groups is 1. The van der Waals surface area contributed by atoms with Gasteiger partial charge in [-0.3, -0.25) is 4.79 Å². The number of hydrogen-bond donors (Lipinski definition) is 1. The molecule has 0 aliphatic rings. The highest BCUT2D eigenvalue weighted by Crippen LogP contribution is 2.35. The molecule has 1 N–H and O–H groups in total. The van der Waals surface area contributed by atoms with Crippen LogP contribution in [0.5, 0.6) is 5.75 Å². The fraction of sp³-hybridized carbons (Fsp3) is 0.0667. The molecule has 36 heavy (non-hydrogen) atoms. The second-order valence-corrected chi connectivity index (χ2v) is 8.57. The molecule has 1 aromatic heterocycles. The Kier molecular flexibility index (Phi) is 6.00. The quantitative estimate of drug-likeness (QED) is 0.230. The lowest BCUT2D eigenvalue weighted by Crippen LogP contribution is -2.16.